The number of carbonyl (C=O) groups excluding carboxylic acids is 1. The Morgan fingerprint density at radius 1 is 1.12 bits per heavy atom. The van der Waals surface area contributed by atoms with E-state index in [0.29, 0.717) is 32.4 Å². The fourth-order valence-corrected chi connectivity index (χ4v) is 4.78. The van der Waals surface area contributed by atoms with Gasteiger partial charge in [0.15, 0.2) is 11.4 Å². The van der Waals surface area contributed by atoms with E-state index in [-0.39, 0.29) is 34.0 Å². The Morgan fingerprint density at radius 3 is 2.56 bits per heavy atom. The predicted molar refractivity (Wildman–Crippen MR) is 116 cm³/mol. The lowest BCUT2D eigenvalue weighted by Crippen LogP contribution is -2.38. The summed E-state index contributed by atoms with van der Waals surface area (Å²) in [7, 11) is -3.33. The van der Waals surface area contributed by atoms with Crippen LogP contribution in [-0.2, 0) is 10.0 Å². The molecule has 0 radical (unpaired) electrons. The van der Waals surface area contributed by atoms with Crippen molar-refractivity contribution in [2.75, 3.05) is 24.7 Å². The van der Waals surface area contributed by atoms with Crippen molar-refractivity contribution in [1.29, 1.82) is 0 Å². The summed E-state index contributed by atoms with van der Waals surface area (Å²) >= 11 is 0. The van der Waals surface area contributed by atoms with Gasteiger partial charge in [0.1, 0.15) is 11.6 Å². The van der Waals surface area contributed by atoms with Crippen molar-refractivity contribution in [3.8, 4) is 11.1 Å². The van der Waals surface area contributed by atoms with Crippen molar-refractivity contribution in [3.63, 3.8) is 0 Å². The highest BCUT2D eigenvalue weighted by molar-refractivity contribution is 7.88. The zero-order valence-electron chi connectivity index (χ0n) is 17.3. The number of benzene rings is 2. The van der Waals surface area contributed by atoms with E-state index in [2.05, 4.69) is 15.2 Å². The lowest BCUT2D eigenvalue weighted by Gasteiger charge is -2.20. The highest BCUT2D eigenvalue weighted by Crippen LogP contribution is 2.36. The molecule has 2 N–H and O–H groups in total. The van der Waals surface area contributed by atoms with Gasteiger partial charge in [-0.05, 0) is 37.5 Å². The van der Waals surface area contributed by atoms with Gasteiger partial charge in [0.05, 0.1) is 17.2 Å². The topological polar surface area (TPSA) is 105 Å². The molecule has 0 aliphatic carbocycles. The van der Waals surface area contributed by atoms with Gasteiger partial charge in [0.25, 0.3) is 0 Å². The second-order valence-electron chi connectivity index (χ2n) is 7.74. The van der Waals surface area contributed by atoms with E-state index in [1.54, 1.807) is 17.0 Å². The van der Waals surface area contributed by atoms with Crippen LogP contribution in [0.3, 0.4) is 0 Å². The molecule has 2 aromatic carbocycles. The van der Waals surface area contributed by atoms with Crippen molar-refractivity contribution >= 4 is 32.8 Å². The van der Waals surface area contributed by atoms with Gasteiger partial charge in [-0.15, -0.1) is 0 Å². The average molecular weight is 464 g/mol. The number of nitrogens with one attached hydrogen (secondary N) is 2. The molecule has 4 rings (SSSR count). The molecular weight excluding hydrogens is 442 g/mol. The quantitative estimate of drug-likeness (QED) is 0.613. The van der Waals surface area contributed by atoms with E-state index in [1.165, 1.54) is 12.1 Å². The third-order valence-electron chi connectivity index (χ3n) is 5.35. The number of fused-ring (bicyclic) bond motifs is 1. The fraction of sp³-hybridized carbons (Fsp3) is 0.333. The normalized spacial score (nSPS) is 17.3. The number of anilines is 1. The summed E-state index contributed by atoms with van der Waals surface area (Å²) in [6, 6.07) is 7.59. The minimum absolute atomic E-state index is 0.0540. The summed E-state index contributed by atoms with van der Waals surface area (Å²) in [6.45, 7) is 0.766. The second kappa shape index (κ2) is 8.83. The molecule has 11 heteroatoms. The van der Waals surface area contributed by atoms with E-state index in [4.69, 9.17) is 4.52 Å². The first-order chi connectivity index (χ1) is 15.2. The van der Waals surface area contributed by atoms with Gasteiger partial charge < -0.3 is 9.42 Å². The number of hydrogen-bond donors (Lipinski definition) is 2. The first kappa shape index (κ1) is 22.2. The first-order valence-electron chi connectivity index (χ1n) is 10.1. The molecule has 1 saturated heterocycles. The Bertz CT molecular complexity index is 1240. The molecule has 2 amide bonds. The number of sulfonamides is 1. The van der Waals surface area contributed by atoms with E-state index in [0.717, 1.165) is 18.4 Å². The van der Waals surface area contributed by atoms with Gasteiger partial charge in [-0.1, -0.05) is 23.4 Å². The first-order valence-corrected chi connectivity index (χ1v) is 12.0. The molecule has 1 fully saturated rings. The molecule has 1 aliphatic heterocycles. The maximum Gasteiger partial charge on any atom is 0.323 e. The van der Waals surface area contributed by atoms with Crippen molar-refractivity contribution in [3.05, 3.63) is 48.0 Å². The smallest absolute Gasteiger partial charge is 0.323 e. The maximum absolute atomic E-state index is 14.4. The van der Waals surface area contributed by atoms with Gasteiger partial charge >= 0.3 is 6.03 Å². The van der Waals surface area contributed by atoms with Crippen LogP contribution >= 0.6 is 0 Å². The maximum atomic E-state index is 14.4. The predicted octanol–water partition coefficient (Wildman–Crippen LogP) is 3.71. The molecule has 1 aliphatic rings. The molecule has 32 heavy (non-hydrogen) atoms. The minimum Gasteiger partial charge on any atom is -0.354 e. The number of carbonyl (C=O) groups is 1. The van der Waals surface area contributed by atoms with Crippen molar-refractivity contribution in [2.45, 2.75) is 25.3 Å². The summed E-state index contributed by atoms with van der Waals surface area (Å²) in [5.41, 5.74) is 0.248. The minimum atomic E-state index is -3.33. The van der Waals surface area contributed by atoms with Crippen LogP contribution in [0.5, 0.6) is 0 Å². The zero-order valence-corrected chi connectivity index (χ0v) is 18.1. The number of rotatable bonds is 4. The number of urea groups is 1. The van der Waals surface area contributed by atoms with Gasteiger partial charge in [0.2, 0.25) is 10.0 Å². The molecule has 3 aromatic rings. The zero-order chi connectivity index (χ0) is 22.9. The second-order valence-corrected chi connectivity index (χ2v) is 9.52. The van der Waals surface area contributed by atoms with Crippen LogP contribution in [0.1, 0.15) is 19.3 Å². The van der Waals surface area contributed by atoms with Crippen LogP contribution in [-0.4, -0.2) is 49.9 Å². The molecule has 1 atom stereocenters. The molecule has 1 aromatic heterocycles. The van der Waals surface area contributed by atoms with Crippen LogP contribution < -0.4 is 10.0 Å². The largest absolute Gasteiger partial charge is 0.354 e. The molecule has 8 nitrogen and oxygen atoms in total. The van der Waals surface area contributed by atoms with Gasteiger partial charge in [-0.25, -0.2) is 26.7 Å². The molecule has 0 unspecified atom stereocenters. The Kier molecular flexibility index (Phi) is 6.11. The lowest BCUT2D eigenvalue weighted by molar-refractivity contribution is 0.213. The van der Waals surface area contributed by atoms with Gasteiger partial charge in [-0.3, -0.25) is 5.32 Å². The molecule has 0 bridgehead atoms. The molecule has 170 valence electrons. The SMILES string of the molecule is CS(=O)(=O)N[C@H]1CCCN(C(=O)Nc2noc3cccc(-c4c(F)cccc4F)c23)CC1. The summed E-state index contributed by atoms with van der Waals surface area (Å²) in [6.07, 6.45) is 2.80. The Balaban J connectivity index is 1.58. The third-order valence-corrected chi connectivity index (χ3v) is 6.11. The monoisotopic (exact) mass is 464 g/mol. The van der Waals surface area contributed by atoms with Crippen LogP contribution in [0, 0.1) is 11.6 Å². The fourth-order valence-electron chi connectivity index (χ4n) is 3.94. The average Bonchev–Trinajstić information content (AvgIpc) is 2.98. The van der Waals surface area contributed by atoms with Crippen molar-refractivity contribution in [2.24, 2.45) is 0 Å². The lowest BCUT2D eigenvalue weighted by atomic mass is 10.0. The van der Waals surface area contributed by atoms with Crippen LogP contribution in [0.2, 0.25) is 0 Å². The number of halogens is 2. The molecule has 0 spiro atoms. The van der Waals surface area contributed by atoms with Gasteiger partial charge in [-0.2, -0.15) is 0 Å². The Morgan fingerprint density at radius 2 is 1.84 bits per heavy atom. The van der Waals surface area contributed by atoms with Crippen LogP contribution in [0.25, 0.3) is 22.1 Å². The summed E-state index contributed by atoms with van der Waals surface area (Å²) < 4.78 is 59.7. The van der Waals surface area contributed by atoms with E-state index in [9.17, 15) is 22.0 Å². The number of amides is 2. The van der Waals surface area contributed by atoms with E-state index < -0.39 is 27.7 Å². The number of aromatic nitrogens is 1. The van der Waals surface area contributed by atoms with Crippen molar-refractivity contribution < 1.29 is 26.5 Å². The van der Waals surface area contributed by atoms with Gasteiger partial charge in [0, 0.05) is 24.7 Å². The Hall–Kier alpha value is -3.05. The standard InChI is InChI=1S/C21H22F2N4O4S/c1-32(29,30)26-13-5-4-11-27(12-10-13)21(28)24-20-19-14(6-2-9-17(19)31-25-20)18-15(22)7-3-8-16(18)23/h2-3,6-9,13,26H,4-5,10-12H2,1H3,(H,24,25,28)/t13-/m0/s1. The molecular formula is C21H22F2N4O4S. The van der Waals surface area contributed by atoms with E-state index in [1.807, 2.05) is 0 Å². The summed E-state index contributed by atoms with van der Waals surface area (Å²) in [5, 5.41) is 6.85. The summed E-state index contributed by atoms with van der Waals surface area (Å²) in [4.78, 5) is 14.4. The van der Waals surface area contributed by atoms with Crippen LogP contribution in [0.4, 0.5) is 19.4 Å². The highest BCUT2D eigenvalue weighted by atomic mass is 32.2. The highest BCUT2D eigenvalue weighted by Gasteiger charge is 2.25. The summed E-state index contributed by atoms with van der Waals surface area (Å²) in [5.74, 6) is -1.43. The Labute approximate surface area is 183 Å². The number of likely N-dealkylation sites (tertiary alicyclic amines) is 1. The van der Waals surface area contributed by atoms with Crippen LogP contribution in [0.15, 0.2) is 40.9 Å². The molecule has 2 heterocycles. The number of hydrogen-bond acceptors (Lipinski definition) is 5. The molecule has 0 saturated carbocycles. The van der Waals surface area contributed by atoms with Crippen molar-refractivity contribution in [1.82, 2.24) is 14.8 Å². The number of nitrogens with zero attached hydrogens (tertiary/aromatic N) is 2. The third kappa shape index (κ3) is 4.73. The van der Waals surface area contributed by atoms with E-state index >= 15 is 0 Å².